The van der Waals surface area contributed by atoms with Gasteiger partial charge in [0.05, 0.1) is 19.1 Å². The zero-order valence-corrected chi connectivity index (χ0v) is 11.8. The molecule has 3 unspecified atom stereocenters. The highest BCUT2D eigenvalue weighted by Gasteiger charge is 2.27. The van der Waals surface area contributed by atoms with Crippen molar-refractivity contribution >= 4 is 19.5 Å². The van der Waals surface area contributed by atoms with Crippen molar-refractivity contribution in [1.82, 2.24) is 0 Å². The van der Waals surface area contributed by atoms with Crippen molar-refractivity contribution in [2.24, 2.45) is 5.92 Å². The summed E-state index contributed by atoms with van der Waals surface area (Å²) in [4.78, 5) is 21.8. The van der Waals surface area contributed by atoms with Crippen molar-refractivity contribution in [3.8, 4) is 0 Å². The molecule has 0 aromatic heterocycles. The lowest BCUT2D eigenvalue weighted by Gasteiger charge is -2.19. The molecule has 0 rings (SSSR count). The van der Waals surface area contributed by atoms with Crippen LogP contribution in [0.1, 0.15) is 20.8 Å². The Morgan fingerprint density at radius 2 is 1.89 bits per heavy atom. The van der Waals surface area contributed by atoms with Crippen molar-refractivity contribution < 1.29 is 33.0 Å². The number of carbonyl (C=O) groups excluding carboxylic acids is 1. The fourth-order valence-electron chi connectivity index (χ4n) is 0.939. The van der Waals surface area contributed by atoms with Gasteiger partial charge >= 0.3 is 19.5 Å². The zero-order valence-electron chi connectivity index (χ0n) is 10.9. The summed E-state index contributed by atoms with van der Waals surface area (Å²) in [7, 11) is -3.48. The molecular formula is C10H19O7P. The molecular weight excluding hydrogens is 263 g/mol. The summed E-state index contributed by atoms with van der Waals surface area (Å²) in [6.07, 6.45) is -1.03. The van der Waals surface area contributed by atoms with E-state index in [0.29, 0.717) is 0 Å². The molecule has 0 aliphatic carbocycles. The first-order valence-corrected chi connectivity index (χ1v) is 7.48. The van der Waals surface area contributed by atoms with Crippen LogP contribution < -0.4 is 0 Å². The van der Waals surface area contributed by atoms with Crippen molar-refractivity contribution in [1.29, 1.82) is 0 Å². The molecule has 7 nitrogen and oxygen atoms in total. The van der Waals surface area contributed by atoms with Crippen LogP contribution in [0.25, 0.3) is 0 Å². The third-order valence-electron chi connectivity index (χ3n) is 1.95. The van der Waals surface area contributed by atoms with E-state index >= 15 is 0 Å². The van der Waals surface area contributed by atoms with Gasteiger partial charge in [-0.05, 0) is 20.8 Å². The van der Waals surface area contributed by atoms with E-state index in [4.69, 9.17) is 14.2 Å². The molecule has 0 saturated heterocycles. The Hall–Kier alpha value is -0.910. The largest absolute Gasteiger partial charge is 0.481 e. The van der Waals surface area contributed by atoms with E-state index in [2.05, 4.69) is 4.74 Å². The van der Waals surface area contributed by atoms with Crippen LogP contribution in [0, 0.1) is 5.92 Å². The van der Waals surface area contributed by atoms with Crippen LogP contribution >= 0.6 is 7.60 Å². The van der Waals surface area contributed by atoms with Gasteiger partial charge in [-0.2, -0.15) is 0 Å². The molecule has 8 heteroatoms. The van der Waals surface area contributed by atoms with E-state index in [1.165, 1.54) is 20.5 Å². The molecule has 3 atom stereocenters. The topological polar surface area (TPSA) is 99.1 Å². The summed E-state index contributed by atoms with van der Waals surface area (Å²) in [6, 6.07) is 0. The number of esters is 1. The van der Waals surface area contributed by atoms with Crippen molar-refractivity contribution in [2.45, 2.75) is 26.9 Å². The van der Waals surface area contributed by atoms with Crippen molar-refractivity contribution in [3.05, 3.63) is 0 Å². The fraction of sp³-hybridized carbons (Fsp3) is 0.800. The number of carbonyl (C=O) groups is 2. The maximum atomic E-state index is 11.8. The monoisotopic (exact) mass is 282 g/mol. The molecule has 0 saturated carbocycles. The summed E-state index contributed by atoms with van der Waals surface area (Å²) in [6.45, 7) is 5.56. The lowest BCUT2D eigenvalue weighted by atomic mass is 10.2. The molecule has 0 bridgehead atoms. The Morgan fingerprint density at radius 1 is 1.33 bits per heavy atom. The molecule has 0 spiro atoms. The molecule has 0 aromatic carbocycles. The summed E-state index contributed by atoms with van der Waals surface area (Å²) < 4.78 is 26.3. The maximum Gasteiger partial charge on any atom is 0.335 e. The van der Waals surface area contributed by atoms with E-state index in [9.17, 15) is 14.2 Å². The van der Waals surface area contributed by atoms with Gasteiger partial charge in [-0.15, -0.1) is 0 Å². The van der Waals surface area contributed by atoms with E-state index in [1.54, 1.807) is 6.92 Å². The third-order valence-corrected chi connectivity index (χ3v) is 3.27. The fourth-order valence-corrected chi connectivity index (χ4v) is 2.15. The summed E-state index contributed by atoms with van der Waals surface area (Å²) in [5, 5.41) is 8.63. The highest BCUT2D eigenvalue weighted by Crippen LogP contribution is 2.45. The predicted molar refractivity (Wildman–Crippen MR) is 63.5 cm³/mol. The minimum absolute atomic E-state index is 0.192. The Bertz CT molecular complexity index is 341. The number of hydrogen-bond donors (Lipinski definition) is 1. The number of hydrogen-bond acceptors (Lipinski definition) is 6. The molecule has 106 valence electrons. The van der Waals surface area contributed by atoms with Crippen LogP contribution in [0.3, 0.4) is 0 Å². The van der Waals surface area contributed by atoms with E-state index in [1.807, 2.05) is 0 Å². The normalized spacial score (nSPS) is 17.6. The molecule has 0 aliphatic rings. The number of carboxylic acid groups (broad SMARTS) is 1. The van der Waals surface area contributed by atoms with Gasteiger partial charge in [-0.3, -0.25) is 13.9 Å². The SMILES string of the molecule is CCOC(=O)C(C)OP(C)(=O)OCC(C)C(=O)O. The third kappa shape index (κ3) is 6.74. The standard InChI is InChI=1S/C10H19O7P/c1-5-15-10(13)8(3)17-18(4,14)16-6-7(2)9(11)12/h7-8H,5-6H2,1-4H3,(H,11,12). The van der Waals surface area contributed by atoms with Gasteiger partial charge in [-0.25, -0.2) is 4.79 Å². The van der Waals surface area contributed by atoms with Gasteiger partial charge in [0, 0.05) is 6.66 Å². The van der Waals surface area contributed by atoms with Crippen molar-refractivity contribution in [2.75, 3.05) is 19.9 Å². The molecule has 0 fully saturated rings. The van der Waals surface area contributed by atoms with Crippen LogP contribution in [0.5, 0.6) is 0 Å². The van der Waals surface area contributed by atoms with Crippen LogP contribution in [-0.2, 0) is 27.9 Å². The van der Waals surface area contributed by atoms with Gasteiger partial charge < -0.3 is 14.4 Å². The second-order valence-corrected chi connectivity index (χ2v) is 5.82. The highest BCUT2D eigenvalue weighted by atomic mass is 31.2. The quantitative estimate of drug-likeness (QED) is 0.532. The lowest BCUT2D eigenvalue weighted by molar-refractivity contribution is -0.151. The Balaban J connectivity index is 4.26. The molecule has 18 heavy (non-hydrogen) atoms. The van der Waals surface area contributed by atoms with E-state index in [0.717, 1.165) is 0 Å². The Labute approximate surface area is 106 Å². The predicted octanol–water partition coefficient (Wildman–Crippen LogP) is 1.51. The highest BCUT2D eigenvalue weighted by molar-refractivity contribution is 7.53. The van der Waals surface area contributed by atoms with Gasteiger partial charge in [-0.1, -0.05) is 0 Å². The first-order chi connectivity index (χ1) is 8.19. The zero-order chi connectivity index (χ0) is 14.3. The number of aliphatic carboxylic acids is 1. The number of carboxylic acids is 1. The minimum atomic E-state index is -3.48. The van der Waals surface area contributed by atoms with Gasteiger partial charge in [0.25, 0.3) is 0 Å². The molecule has 0 amide bonds. The molecule has 1 N–H and O–H groups in total. The first kappa shape index (κ1) is 17.1. The molecule has 0 heterocycles. The summed E-state index contributed by atoms with van der Waals surface area (Å²) in [5.74, 6) is -2.51. The lowest BCUT2D eigenvalue weighted by Crippen LogP contribution is -2.23. The smallest absolute Gasteiger partial charge is 0.335 e. The van der Waals surface area contributed by atoms with Crippen LogP contribution in [0.2, 0.25) is 0 Å². The Morgan fingerprint density at radius 3 is 2.33 bits per heavy atom. The van der Waals surface area contributed by atoms with Crippen LogP contribution in [0.4, 0.5) is 0 Å². The van der Waals surface area contributed by atoms with Gasteiger partial charge in [0.2, 0.25) is 0 Å². The molecule has 0 aliphatic heterocycles. The van der Waals surface area contributed by atoms with Crippen LogP contribution in [0.15, 0.2) is 0 Å². The Kier molecular flexibility index (Phi) is 7.13. The summed E-state index contributed by atoms with van der Waals surface area (Å²) >= 11 is 0. The average Bonchev–Trinajstić information content (AvgIpc) is 2.25. The average molecular weight is 282 g/mol. The minimum Gasteiger partial charge on any atom is -0.481 e. The van der Waals surface area contributed by atoms with Gasteiger partial charge in [0.1, 0.15) is 0 Å². The van der Waals surface area contributed by atoms with Crippen LogP contribution in [-0.4, -0.2) is 43.0 Å². The summed E-state index contributed by atoms with van der Waals surface area (Å²) in [5.41, 5.74) is 0. The first-order valence-electron chi connectivity index (χ1n) is 5.49. The number of ether oxygens (including phenoxy) is 1. The maximum absolute atomic E-state index is 11.8. The van der Waals surface area contributed by atoms with E-state index < -0.39 is 31.6 Å². The number of rotatable bonds is 8. The molecule has 0 radical (unpaired) electrons. The second-order valence-electron chi connectivity index (χ2n) is 3.81. The molecule has 0 aromatic rings. The second kappa shape index (κ2) is 7.51. The van der Waals surface area contributed by atoms with E-state index in [-0.39, 0.29) is 13.2 Å². The van der Waals surface area contributed by atoms with Gasteiger partial charge in [0.15, 0.2) is 6.10 Å². The van der Waals surface area contributed by atoms with Crippen molar-refractivity contribution in [3.63, 3.8) is 0 Å².